The number of ether oxygens (including phenoxy) is 1. The van der Waals surface area contributed by atoms with Crippen LogP contribution in [0.4, 0.5) is 16.2 Å². The number of thioether (sulfide) groups is 1. The van der Waals surface area contributed by atoms with E-state index >= 15 is 0 Å². The van der Waals surface area contributed by atoms with Crippen LogP contribution >= 0.6 is 11.8 Å². The number of carbonyl (C=O) groups excluding carboxylic acids is 2. The average molecular weight is 559 g/mol. The average Bonchev–Trinajstić information content (AvgIpc) is 3.28. The zero-order valence-electron chi connectivity index (χ0n) is 22.2. The van der Waals surface area contributed by atoms with E-state index in [1.165, 1.54) is 11.8 Å². The molecule has 38 heavy (non-hydrogen) atoms. The summed E-state index contributed by atoms with van der Waals surface area (Å²) in [5, 5.41) is 2.89. The van der Waals surface area contributed by atoms with Crippen LogP contribution in [-0.4, -0.2) is 74.1 Å². The van der Waals surface area contributed by atoms with Gasteiger partial charge in [0.2, 0.25) is 0 Å². The summed E-state index contributed by atoms with van der Waals surface area (Å²) in [7, 11) is 0.687. The fourth-order valence-corrected chi connectivity index (χ4v) is 8.37. The lowest BCUT2D eigenvalue weighted by Gasteiger charge is -2.26. The molecule has 2 heterocycles. The number of aliphatic imine (C=N–C) groups is 1. The number of alkyl carbamates (subject to hydrolysis) is 1. The molecule has 3 atom stereocenters. The van der Waals surface area contributed by atoms with Crippen molar-refractivity contribution in [2.45, 2.75) is 50.1 Å². The maximum atomic E-state index is 13.5. The van der Waals surface area contributed by atoms with Crippen LogP contribution in [0.25, 0.3) is 0 Å². The van der Waals surface area contributed by atoms with Gasteiger partial charge in [-0.15, -0.1) is 0 Å². The number of nitrogens with zero attached hydrogens (tertiary/aromatic N) is 3. The van der Waals surface area contributed by atoms with E-state index in [4.69, 9.17) is 4.74 Å². The number of carbonyl (C=O) groups is 2. The highest BCUT2D eigenvalue weighted by atomic mass is 32.2. The van der Waals surface area contributed by atoms with Gasteiger partial charge in [0, 0.05) is 37.1 Å². The van der Waals surface area contributed by atoms with Gasteiger partial charge in [-0.05, 0) is 50.6 Å². The first-order chi connectivity index (χ1) is 17.8. The summed E-state index contributed by atoms with van der Waals surface area (Å²) in [6.45, 7) is 5.26. The summed E-state index contributed by atoms with van der Waals surface area (Å²) in [6.07, 6.45) is -0.468. The van der Waals surface area contributed by atoms with Gasteiger partial charge in [-0.3, -0.25) is 4.79 Å². The van der Waals surface area contributed by atoms with Gasteiger partial charge in [-0.2, -0.15) is 4.99 Å². The normalized spacial score (nSPS) is 22.1. The quantitative estimate of drug-likeness (QED) is 0.574. The van der Waals surface area contributed by atoms with Crippen molar-refractivity contribution < 1.29 is 22.7 Å². The molecule has 2 aromatic carbocycles. The van der Waals surface area contributed by atoms with Crippen LogP contribution in [0.5, 0.6) is 0 Å². The maximum Gasteiger partial charge on any atom is 0.408 e. The second-order valence-corrected chi connectivity index (χ2v) is 14.1. The predicted molar refractivity (Wildman–Crippen MR) is 153 cm³/mol. The minimum Gasteiger partial charge on any atom is -0.444 e. The Bertz CT molecular complexity index is 1310. The summed E-state index contributed by atoms with van der Waals surface area (Å²) < 4.78 is 30.2. The molecule has 2 aliphatic heterocycles. The fourth-order valence-electron chi connectivity index (χ4n) is 4.45. The number of amides is 2. The smallest absolute Gasteiger partial charge is 0.408 e. The molecule has 0 aromatic heterocycles. The van der Waals surface area contributed by atoms with Crippen molar-refractivity contribution in [2.24, 2.45) is 4.99 Å². The van der Waals surface area contributed by atoms with Crippen molar-refractivity contribution in [1.29, 1.82) is 0 Å². The third kappa shape index (κ3) is 6.87. The third-order valence-electron chi connectivity index (χ3n) is 6.19. The highest BCUT2D eigenvalue weighted by Gasteiger charge is 2.49. The lowest BCUT2D eigenvalue weighted by atomic mass is 10.1. The van der Waals surface area contributed by atoms with Crippen molar-refractivity contribution in [3.63, 3.8) is 0 Å². The zero-order valence-corrected chi connectivity index (χ0v) is 23.9. The highest BCUT2D eigenvalue weighted by molar-refractivity contribution is 8.16. The number of hydrogen-bond acceptors (Lipinski definition) is 7. The van der Waals surface area contributed by atoms with E-state index in [-0.39, 0.29) is 29.2 Å². The molecule has 2 aromatic rings. The first kappa shape index (κ1) is 28.0. The zero-order chi connectivity index (χ0) is 27.7. The predicted octanol–water partition coefficient (Wildman–Crippen LogP) is 3.49. The van der Waals surface area contributed by atoms with E-state index in [1.54, 1.807) is 20.8 Å². The first-order valence-corrected chi connectivity index (χ1v) is 15.1. The SMILES string of the molecule is CN(C)c1ccc(N2C(=NC(=O)[C@@H](Cc3ccccc3)NC(=O)OC(C)(C)C)S[C@H]3CS(=O)(=O)C[C@@H]32)cc1. The molecule has 0 saturated carbocycles. The van der Waals surface area contributed by atoms with E-state index in [1.807, 2.05) is 78.5 Å². The molecule has 1 N–H and O–H groups in total. The Labute approximate surface area is 228 Å². The van der Waals surface area contributed by atoms with Gasteiger partial charge in [0.25, 0.3) is 5.91 Å². The number of rotatable bonds is 6. The van der Waals surface area contributed by atoms with Crippen LogP contribution in [0.3, 0.4) is 0 Å². The van der Waals surface area contributed by atoms with Crippen LogP contribution < -0.4 is 15.1 Å². The molecule has 2 saturated heterocycles. The number of benzene rings is 2. The van der Waals surface area contributed by atoms with E-state index < -0.39 is 33.5 Å². The van der Waals surface area contributed by atoms with Crippen LogP contribution in [0, 0.1) is 0 Å². The van der Waals surface area contributed by atoms with Crippen LogP contribution in [0.1, 0.15) is 26.3 Å². The van der Waals surface area contributed by atoms with Crippen molar-refractivity contribution in [1.82, 2.24) is 5.32 Å². The Hall–Kier alpha value is -3.05. The molecule has 0 radical (unpaired) electrons. The summed E-state index contributed by atoms with van der Waals surface area (Å²) in [5.74, 6) is -0.498. The number of nitrogens with one attached hydrogen (secondary N) is 1. The van der Waals surface area contributed by atoms with Gasteiger partial charge in [0.15, 0.2) is 15.0 Å². The Morgan fingerprint density at radius 1 is 1.11 bits per heavy atom. The second kappa shape index (κ2) is 11.0. The lowest BCUT2D eigenvalue weighted by molar-refractivity contribution is -0.119. The molecule has 0 spiro atoms. The molecule has 0 bridgehead atoms. The molecule has 204 valence electrons. The molecule has 0 unspecified atom stereocenters. The number of amidine groups is 1. The first-order valence-electron chi connectivity index (χ1n) is 12.4. The Kier molecular flexibility index (Phi) is 8.08. The summed E-state index contributed by atoms with van der Waals surface area (Å²) >= 11 is 1.30. The summed E-state index contributed by atoms with van der Waals surface area (Å²) in [5.41, 5.74) is 1.89. The minimum absolute atomic E-state index is 0.00306. The van der Waals surface area contributed by atoms with Gasteiger partial charge in [0.05, 0.1) is 17.5 Å². The molecular weight excluding hydrogens is 524 g/mol. The second-order valence-electron chi connectivity index (χ2n) is 10.7. The topological polar surface area (TPSA) is 108 Å². The lowest BCUT2D eigenvalue weighted by Crippen LogP contribution is -2.45. The molecular formula is C27H34N4O5S2. The van der Waals surface area contributed by atoms with Gasteiger partial charge >= 0.3 is 6.09 Å². The van der Waals surface area contributed by atoms with Crippen LogP contribution in [-0.2, 0) is 25.8 Å². The van der Waals surface area contributed by atoms with E-state index in [2.05, 4.69) is 10.3 Å². The monoisotopic (exact) mass is 558 g/mol. The van der Waals surface area contributed by atoms with Crippen LogP contribution in [0.2, 0.25) is 0 Å². The molecule has 9 nitrogen and oxygen atoms in total. The van der Waals surface area contributed by atoms with Gasteiger partial charge in [0.1, 0.15) is 11.6 Å². The van der Waals surface area contributed by atoms with Crippen molar-refractivity contribution >= 4 is 50.1 Å². The molecule has 0 aliphatic carbocycles. The molecule has 4 rings (SSSR count). The number of sulfone groups is 1. The van der Waals surface area contributed by atoms with Crippen molar-refractivity contribution in [2.75, 3.05) is 35.4 Å². The fraction of sp³-hybridized carbons (Fsp3) is 0.444. The number of fused-ring (bicyclic) bond motifs is 1. The van der Waals surface area contributed by atoms with Crippen LogP contribution in [0.15, 0.2) is 59.6 Å². The minimum atomic E-state index is -3.19. The van der Waals surface area contributed by atoms with Crippen molar-refractivity contribution in [3.05, 3.63) is 60.2 Å². The van der Waals surface area contributed by atoms with Gasteiger partial charge < -0.3 is 19.9 Å². The standard InChI is InChI=1S/C27H34N4O5S2/c1-27(2,3)36-26(33)28-21(15-18-9-7-6-8-10-18)24(32)29-25-31(20-13-11-19(12-14-20)30(4)5)22-16-38(34,35)17-23(22)37-25/h6-14,21-23H,15-17H2,1-5H3,(H,28,33)/t21-,22+,23+/m1/s1. The van der Waals surface area contributed by atoms with Crippen molar-refractivity contribution in [3.8, 4) is 0 Å². The third-order valence-corrected chi connectivity index (χ3v) is 9.40. The van der Waals surface area contributed by atoms with E-state index in [9.17, 15) is 18.0 Å². The Morgan fingerprint density at radius 2 is 1.76 bits per heavy atom. The molecule has 2 aliphatic rings. The van der Waals surface area contributed by atoms with Gasteiger partial charge in [-0.25, -0.2) is 13.2 Å². The molecule has 2 amide bonds. The number of hydrogen-bond donors (Lipinski definition) is 1. The largest absolute Gasteiger partial charge is 0.444 e. The van der Waals surface area contributed by atoms with Gasteiger partial charge in [-0.1, -0.05) is 42.1 Å². The maximum absolute atomic E-state index is 13.5. The summed E-state index contributed by atoms with van der Waals surface area (Å²) in [6, 6.07) is 15.8. The Morgan fingerprint density at radius 3 is 2.37 bits per heavy atom. The molecule has 11 heteroatoms. The molecule has 2 fully saturated rings. The summed E-state index contributed by atoms with van der Waals surface area (Å²) in [4.78, 5) is 34.4. The Balaban J connectivity index is 1.65. The number of anilines is 2. The van der Waals surface area contributed by atoms with E-state index in [0.29, 0.717) is 5.17 Å². The highest BCUT2D eigenvalue weighted by Crippen LogP contribution is 2.41. The van der Waals surface area contributed by atoms with E-state index in [0.717, 1.165) is 16.9 Å².